The lowest BCUT2D eigenvalue weighted by molar-refractivity contribution is -0.384. The molecule has 0 spiro atoms. The van der Waals surface area contributed by atoms with Gasteiger partial charge in [0.2, 0.25) is 0 Å². The molecule has 0 saturated carbocycles. The Bertz CT molecular complexity index is 702. The number of non-ortho nitro benzene ring substituents is 1. The number of anilines is 1. The Morgan fingerprint density at radius 3 is 2.33 bits per heavy atom. The molecular formula is C17H19N3O3S. The summed E-state index contributed by atoms with van der Waals surface area (Å²) in [6.07, 6.45) is 0.856. The largest absolute Gasteiger partial charge is 0.497 e. The Labute approximate surface area is 146 Å². The molecule has 6 nitrogen and oxygen atoms in total. The van der Waals surface area contributed by atoms with Crippen molar-refractivity contribution in [3.05, 3.63) is 64.2 Å². The highest BCUT2D eigenvalue weighted by atomic mass is 32.1. The maximum atomic E-state index is 10.7. The topological polar surface area (TPSA) is 76.4 Å². The number of nitro groups is 1. The number of nitrogens with zero attached hydrogens (tertiary/aromatic N) is 1. The summed E-state index contributed by atoms with van der Waals surface area (Å²) in [7, 11) is 1.63. The molecule has 0 aliphatic rings. The van der Waals surface area contributed by atoms with Crippen LogP contribution in [0.1, 0.15) is 24.9 Å². The average molecular weight is 345 g/mol. The van der Waals surface area contributed by atoms with Gasteiger partial charge >= 0.3 is 0 Å². The van der Waals surface area contributed by atoms with E-state index in [1.807, 2.05) is 24.3 Å². The van der Waals surface area contributed by atoms with Gasteiger partial charge in [-0.15, -0.1) is 0 Å². The molecule has 2 aromatic rings. The van der Waals surface area contributed by atoms with Gasteiger partial charge in [0, 0.05) is 17.8 Å². The van der Waals surface area contributed by atoms with Gasteiger partial charge < -0.3 is 15.4 Å². The summed E-state index contributed by atoms with van der Waals surface area (Å²) < 4.78 is 5.16. The molecule has 24 heavy (non-hydrogen) atoms. The third-order valence-corrected chi connectivity index (χ3v) is 3.79. The second-order valence-electron chi connectivity index (χ2n) is 5.14. The van der Waals surface area contributed by atoms with E-state index in [0.29, 0.717) is 10.8 Å². The fourth-order valence-corrected chi connectivity index (χ4v) is 2.51. The molecule has 0 bridgehead atoms. The van der Waals surface area contributed by atoms with Gasteiger partial charge in [-0.25, -0.2) is 0 Å². The van der Waals surface area contributed by atoms with E-state index in [1.165, 1.54) is 12.1 Å². The Kier molecular flexibility index (Phi) is 6.08. The number of nitro benzene ring substituents is 1. The standard InChI is InChI=1S/C17H19N3O3S/c1-3-16(12-4-10-15(23-2)11-5-12)19-17(24)18-13-6-8-14(9-7-13)20(21)22/h4-11,16H,3H2,1-2H3,(H2,18,19,24)/t16-/m0/s1. The van der Waals surface area contributed by atoms with Gasteiger partial charge in [0.15, 0.2) is 5.11 Å². The molecule has 0 unspecified atom stereocenters. The third kappa shape index (κ3) is 4.66. The smallest absolute Gasteiger partial charge is 0.269 e. The van der Waals surface area contributed by atoms with E-state index in [-0.39, 0.29) is 11.7 Å². The molecule has 0 radical (unpaired) electrons. The number of ether oxygens (including phenoxy) is 1. The fourth-order valence-electron chi connectivity index (χ4n) is 2.25. The first-order valence-corrected chi connectivity index (χ1v) is 7.90. The number of nitrogens with one attached hydrogen (secondary N) is 2. The molecule has 0 amide bonds. The van der Waals surface area contributed by atoms with Crippen LogP contribution in [-0.2, 0) is 0 Å². The fraction of sp³-hybridized carbons (Fsp3) is 0.235. The van der Waals surface area contributed by atoms with Crippen LogP contribution in [0.15, 0.2) is 48.5 Å². The number of benzene rings is 2. The lowest BCUT2D eigenvalue weighted by Crippen LogP contribution is -2.32. The number of thiocarbonyl (C=S) groups is 1. The van der Waals surface area contributed by atoms with Crippen molar-refractivity contribution >= 4 is 28.7 Å². The van der Waals surface area contributed by atoms with Gasteiger partial charge in [-0.1, -0.05) is 19.1 Å². The van der Waals surface area contributed by atoms with E-state index in [0.717, 1.165) is 17.7 Å². The van der Waals surface area contributed by atoms with E-state index in [2.05, 4.69) is 17.6 Å². The van der Waals surface area contributed by atoms with Crippen LogP contribution in [0.5, 0.6) is 5.75 Å². The molecule has 0 fully saturated rings. The van der Waals surface area contributed by atoms with Crippen molar-refractivity contribution < 1.29 is 9.66 Å². The van der Waals surface area contributed by atoms with Gasteiger partial charge in [0.1, 0.15) is 5.75 Å². The van der Waals surface area contributed by atoms with Crippen LogP contribution in [0.4, 0.5) is 11.4 Å². The second-order valence-corrected chi connectivity index (χ2v) is 5.54. The number of hydrogen-bond acceptors (Lipinski definition) is 4. The molecule has 0 aliphatic carbocycles. The van der Waals surface area contributed by atoms with Crippen molar-refractivity contribution in [1.82, 2.24) is 5.32 Å². The Hall–Kier alpha value is -2.67. The van der Waals surface area contributed by atoms with Crippen LogP contribution in [0, 0.1) is 10.1 Å². The average Bonchev–Trinajstić information content (AvgIpc) is 2.60. The van der Waals surface area contributed by atoms with Crippen molar-refractivity contribution in [2.24, 2.45) is 0 Å². The highest BCUT2D eigenvalue weighted by Gasteiger charge is 2.11. The monoisotopic (exact) mass is 345 g/mol. The van der Waals surface area contributed by atoms with E-state index >= 15 is 0 Å². The lowest BCUT2D eigenvalue weighted by atomic mass is 10.0. The van der Waals surface area contributed by atoms with Crippen LogP contribution < -0.4 is 15.4 Å². The Balaban J connectivity index is 1.99. The molecule has 2 aromatic carbocycles. The van der Waals surface area contributed by atoms with Crippen molar-refractivity contribution in [2.45, 2.75) is 19.4 Å². The maximum Gasteiger partial charge on any atom is 0.269 e. The van der Waals surface area contributed by atoms with Crippen molar-refractivity contribution in [2.75, 3.05) is 12.4 Å². The van der Waals surface area contributed by atoms with Gasteiger partial charge in [-0.3, -0.25) is 10.1 Å². The third-order valence-electron chi connectivity index (χ3n) is 3.57. The maximum absolute atomic E-state index is 10.7. The second kappa shape index (κ2) is 8.26. The lowest BCUT2D eigenvalue weighted by Gasteiger charge is -2.20. The first-order valence-electron chi connectivity index (χ1n) is 7.49. The molecule has 0 aromatic heterocycles. The van der Waals surface area contributed by atoms with Crippen LogP contribution in [0.3, 0.4) is 0 Å². The van der Waals surface area contributed by atoms with Crippen molar-refractivity contribution in [3.63, 3.8) is 0 Å². The molecule has 2 N–H and O–H groups in total. The minimum absolute atomic E-state index is 0.0455. The van der Waals surface area contributed by atoms with Crippen molar-refractivity contribution in [3.8, 4) is 5.75 Å². The van der Waals surface area contributed by atoms with E-state index in [9.17, 15) is 10.1 Å². The van der Waals surface area contributed by atoms with Crippen LogP contribution in [0.2, 0.25) is 0 Å². The molecule has 1 atom stereocenters. The molecule has 0 saturated heterocycles. The van der Waals surface area contributed by atoms with E-state index in [1.54, 1.807) is 19.2 Å². The van der Waals surface area contributed by atoms with Gasteiger partial charge in [0.25, 0.3) is 5.69 Å². The molecule has 126 valence electrons. The zero-order valence-corrected chi connectivity index (χ0v) is 14.3. The van der Waals surface area contributed by atoms with Gasteiger partial charge in [-0.2, -0.15) is 0 Å². The quantitative estimate of drug-likeness (QED) is 0.467. The zero-order valence-electron chi connectivity index (χ0n) is 13.5. The predicted octanol–water partition coefficient (Wildman–Crippen LogP) is 4.04. The molecule has 2 rings (SSSR count). The number of methoxy groups -OCH3 is 1. The summed E-state index contributed by atoms with van der Waals surface area (Å²) >= 11 is 5.33. The first-order chi connectivity index (χ1) is 11.5. The highest BCUT2D eigenvalue weighted by molar-refractivity contribution is 7.80. The van der Waals surface area contributed by atoms with Gasteiger partial charge in [-0.05, 0) is 48.5 Å². The summed E-state index contributed by atoms with van der Waals surface area (Å²) in [4.78, 5) is 10.2. The predicted molar refractivity (Wildman–Crippen MR) is 98.5 cm³/mol. The summed E-state index contributed by atoms with van der Waals surface area (Å²) in [5, 5.41) is 17.4. The Morgan fingerprint density at radius 1 is 1.21 bits per heavy atom. The summed E-state index contributed by atoms with van der Waals surface area (Å²) in [5.41, 5.74) is 1.85. The number of hydrogen-bond donors (Lipinski definition) is 2. The molecular weight excluding hydrogens is 326 g/mol. The molecule has 0 heterocycles. The first kappa shape index (κ1) is 17.7. The summed E-state index contributed by atoms with van der Waals surface area (Å²) in [5.74, 6) is 0.806. The summed E-state index contributed by atoms with van der Waals surface area (Å²) in [6, 6.07) is 14.0. The summed E-state index contributed by atoms with van der Waals surface area (Å²) in [6.45, 7) is 2.07. The normalized spacial score (nSPS) is 11.4. The van der Waals surface area contributed by atoms with Crippen LogP contribution >= 0.6 is 12.2 Å². The molecule has 7 heteroatoms. The minimum atomic E-state index is -0.433. The molecule has 0 aliphatic heterocycles. The van der Waals surface area contributed by atoms with Crippen LogP contribution in [-0.4, -0.2) is 17.1 Å². The van der Waals surface area contributed by atoms with E-state index in [4.69, 9.17) is 17.0 Å². The van der Waals surface area contributed by atoms with Crippen LogP contribution in [0.25, 0.3) is 0 Å². The Morgan fingerprint density at radius 2 is 1.83 bits per heavy atom. The zero-order chi connectivity index (χ0) is 17.5. The highest BCUT2D eigenvalue weighted by Crippen LogP contribution is 2.21. The van der Waals surface area contributed by atoms with E-state index < -0.39 is 4.92 Å². The van der Waals surface area contributed by atoms with Gasteiger partial charge in [0.05, 0.1) is 18.1 Å². The number of rotatable bonds is 6. The SMILES string of the molecule is CC[C@H](NC(=S)Nc1ccc([N+](=O)[O-])cc1)c1ccc(OC)cc1. The van der Waals surface area contributed by atoms with Crippen molar-refractivity contribution in [1.29, 1.82) is 0 Å². The minimum Gasteiger partial charge on any atom is -0.497 e.